The first-order valence-electron chi connectivity index (χ1n) is 8.39. The minimum atomic E-state index is 0. The standard InChI is InChI=1S/C18H22N4O.ClH/c1-12(2)18-14-5-3-4-6-16(14)22(20-18)17-11-15(21-23-17)13-7-9-19-10-8-13;/h3-6,11-13,19H,7-10H2,1-2H3;1H. The largest absolute Gasteiger partial charge is 0.336 e. The Morgan fingerprint density at radius 3 is 2.71 bits per heavy atom. The monoisotopic (exact) mass is 346 g/mol. The first kappa shape index (κ1) is 17.0. The van der Waals surface area contributed by atoms with E-state index in [4.69, 9.17) is 9.62 Å². The van der Waals surface area contributed by atoms with Crippen LogP contribution in [0.3, 0.4) is 0 Å². The Bertz CT molecular complexity index is 817. The SMILES string of the molecule is CC(C)c1nn(-c2cc(C3CCNCC3)no2)c2ccccc12.Cl. The fraction of sp³-hybridized carbons (Fsp3) is 0.444. The van der Waals surface area contributed by atoms with E-state index in [9.17, 15) is 0 Å². The summed E-state index contributed by atoms with van der Waals surface area (Å²) in [5.41, 5.74) is 3.22. The molecule has 3 heterocycles. The Balaban J connectivity index is 0.00000169. The topological polar surface area (TPSA) is 55.9 Å². The lowest BCUT2D eigenvalue weighted by Gasteiger charge is -2.19. The molecule has 1 N–H and O–H groups in total. The summed E-state index contributed by atoms with van der Waals surface area (Å²) in [6.45, 7) is 6.43. The molecule has 0 aliphatic carbocycles. The molecule has 0 saturated carbocycles. The molecule has 0 amide bonds. The van der Waals surface area contributed by atoms with E-state index in [0.29, 0.717) is 17.7 Å². The molecule has 6 heteroatoms. The van der Waals surface area contributed by atoms with Crippen LogP contribution in [0.15, 0.2) is 34.9 Å². The van der Waals surface area contributed by atoms with Crippen molar-refractivity contribution in [1.82, 2.24) is 20.3 Å². The number of fused-ring (bicyclic) bond motifs is 1. The second-order valence-electron chi connectivity index (χ2n) is 6.58. The van der Waals surface area contributed by atoms with Crippen molar-refractivity contribution in [2.75, 3.05) is 13.1 Å². The van der Waals surface area contributed by atoms with Crippen molar-refractivity contribution in [2.24, 2.45) is 0 Å². The van der Waals surface area contributed by atoms with Gasteiger partial charge < -0.3 is 9.84 Å². The first-order chi connectivity index (χ1) is 11.2. The van der Waals surface area contributed by atoms with Crippen LogP contribution in [0.4, 0.5) is 0 Å². The minimum absolute atomic E-state index is 0. The Kier molecular flexibility index (Phi) is 4.92. The highest BCUT2D eigenvalue weighted by atomic mass is 35.5. The normalized spacial score (nSPS) is 15.8. The number of rotatable bonds is 3. The predicted molar refractivity (Wildman–Crippen MR) is 97.3 cm³/mol. The second-order valence-corrected chi connectivity index (χ2v) is 6.58. The van der Waals surface area contributed by atoms with Crippen molar-refractivity contribution < 1.29 is 4.52 Å². The predicted octanol–water partition coefficient (Wildman–Crippen LogP) is 4.03. The number of hydrogen-bond acceptors (Lipinski definition) is 4. The van der Waals surface area contributed by atoms with Gasteiger partial charge in [0.05, 0.1) is 16.9 Å². The summed E-state index contributed by atoms with van der Waals surface area (Å²) >= 11 is 0. The van der Waals surface area contributed by atoms with Gasteiger partial charge in [0, 0.05) is 17.4 Å². The number of piperidine rings is 1. The molecule has 24 heavy (non-hydrogen) atoms. The molecule has 0 spiro atoms. The molecule has 128 valence electrons. The van der Waals surface area contributed by atoms with Gasteiger partial charge in [0.2, 0.25) is 0 Å². The molecular weight excluding hydrogens is 324 g/mol. The third-order valence-electron chi connectivity index (χ3n) is 4.64. The van der Waals surface area contributed by atoms with Gasteiger partial charge in [0.25, 0.3) is 5.88 Å². The van der Waals surface area contributed by atoms with Gasteiger partial charge in [-0.15, -0.1) is 12.4 Å². The van der Waals surface area contributed by atoms with Crippen molar-refractivity contribution in [2.45, 2.75) is 38.5 Å². The third-order valence-corrected chi connectivity index (χ3v) is 4.64. The van der Waals surface area contributed by atoms with Crippen LogP contribution >= 0.6 is 12.4 Å². The van der Waals surface area contributed by atoms with E-state index in [2.05, 4.69) is 48.6 Å². The first-order valence-corrected chi connectivity index (χ1v) is 8.39. The highest BCUT2D eigenvalue weighted by Gasteiger charge is 2.21. The average molecular weight is 347 g/mol. The quantitative estimate of drug-likeness (QED) is 0.778. The average Bonchev–Trinajstić information content (AvgIpc) is 3.20. The molecular formula is C18H23ClN4O. The molecule has 1 aromatic carbocycles. The second kappa shape index (κ2) is 6.95. The van der Waals surface area contributed by atoms with E-state index in [1.807, 2.05) is 10.7 Å². The Morgan fingerprint density at radius 1 is 1.21 bits per heavy atom. The molecule has 0 radical (unpaired) electrons. The van der Waals surface area contributed by atoms with E-state index >= 15 is 0 Å². The molecule has 1 saturated heterocycles. The van der Waals surface area contributed by atoms with Crippen molar-refractivity contribution in [3.8, 4) is 5.88 Å². The summed E-state index contributed by atoms with van der Waals surface area (Å²) in [5.74, 6) is 1.56. The third kappa shape index (κ3) is 2.94. The van der Waals surface area contributed by atoms with Crippen LogP contribution in [0.5, 0.6) is 0 Å². The van der Waals surface area contributed by atoms with Gasteiger partial charge >= 0.3 is 0 Å². The maximum Gasteiger partial charge on any atom is 0.252 e. The highest BCUT2D eigenvalue weighted by molar-refractivity contribution is 5.85. The van der Waals surface area contributed by atoms with E-state index in [1.54, 1.807) is 0 Å². The Morgan fingerprint density at radius 2 is 1.96 bits per heavy atom. The molecule has 1 aliphatic heterocycles. The van der Waals surface area contributed by atoms with Crippen molar-refractivity contribution in [3.63, 3.8) is 0 Å². The van der Waals surface area contributed by atoms with Crippen LogP contribution in [0.25, 0.3) is 16.8 Å². The van der Waals surface area contributed by atoms with Crippen molar-refractivity contribution in [1.29, 1.82) is 0 Å². The molecule has 1 fully saturated rings. The van der Waals surface area contributed by atoms with Crippen molar-refractivity contribution >= 4 is 23.3 Å². The zero-order chi connectivity index (χ0) is 15.8. The molecule has 0 atom stereocenters. The zero-order valence-electron chi connectivity index (χ0n) is 14.0. The Hall–Kier alpha value is -1.85. The summed E-state index contributed by atoms with van der Waals surface area (Å²) in [4.78, 5) is 0. The molecule has 1 aliphatic rings. The minimum Gasteiger partial charge on any atom is -0.336 e. The van der Waals surface area contributed by atoms with Crippen LogP contribution in [0.1, 0.15) is 49.9 Å². The lowest BCUT2D eigenvalue weighted by Crippen LogP contribution is -2.26. The van der Waals surface area contributed by atoms with Gasteiger partial charge in [-0.1, -0.05) is 37.2 Å². The molecule has 3 aromatic rings. The van der Waals surface area contributed by atoms with Gasteiger partial charge in [-0.05, 0) is 37.9 Å². The van der Waals surface area contributed by atoms with Crippen LogP contribution in [-0.4, -0.2) is 28.0 Å². The number of nitrogens with one attached hydrogen (secondary N) is 1. The molecule has 0 bridgehead atoms. The van der Waals surface area contributed by atoms with Gasteiger partial charge in [0.15, 0.2) is 0 Å². The molecule has 0 unspecified atom stereocenters. The van der Waals surface area contributed by atoms with Gasteiger partial charge in [-0.3, -0.25) is 0 Å². The van der Waals surface area contributed by atoms with Gasteiger partial charge in [0.1, 0.15) is 0 Å². The molecule has 4 rings (SSSR count). The number of benzene rings is 1. The van der Waals surface area contributed by atoms with E-state index in [0.717, 1.165) is 42.8 Å². The van der Waals surface area contributed by atoms with E-state index in [-0.39, 0.29) is 12.4 Å². The summed E-state index contributed by atoms with van der Waals surface area (Å²) in [6, 6.07) is 10.4. The molecule has 5 nitrogen and oxygen atoms in total. The maximum absolute atomic E-state index is 5.64. The summed E-state index contributed by atoms with van der Waals surface area (Å²) < 4.78 is 7.53. The summed E-state index contributed by atoms with van der Waals surface area (Å²) in [5, 5.41) is 13.7. The number of hydrogen-bond donors (Lipinski definition) is 1. The fourth-order valence-corrected chi connectivity index (χ4v) is 3.37. The highest BCUT2D eigenvalue weighted by Crippen LogP contribution is 2.29. The number of nitrogens with zero attached hydrogens (tertiary/aromatic N) is 3. The van der Waals surface area contributed by atoms with Crippen molar-refractivity contribution in [3.05, 3.63) is 41.7 Å². The maximum atomic E-state index is 5.64. The smallest absolute Gasteiger partial charge is 0.252 e. The zero-order valence-corrected chi connectivity index (χ0v) is 14.8. The fourth-order valence-electron chi connectivity index (χ4n) is 3.37. The molecule has 2 aromatic heterocycles. The Labute approximate surface area is 147 Å². The van der Waals surface area contributed by atoms with Gasteiger partial charge in [-0.25, -0.2) is 0 Å². The van der Waals surface area contributed by atoms with Crippen LogP contribution < -0.4 is 5.32 Å². The van der Waals surface area contributed by atoms with Crippen LogP contribution in [0.2, 0.25) is 0 Å². The van der Waals surface area contributed by atoms with Crippen LogP contribution in [0, 0.1) is 0 Å². The summed E-state index contributed by atoms with van der Waals surface area (Å²) in [6.07, 6.45) is 2.23. The van der Waals surface area contributed by atoms with Crippen LogP contribution in [-0.2, 0) is 0 Å². The van der Waals surface area contributed by atoms with E-state index in [1.165, 1.54) is 5.39 Å². The number of halogens is 1. The number of para-hydroxylation sites is 1. The lowest BCUT2D eigenvalue weighted by atomic mass is 9.95. The summed E-state index contributed by atoms with van der Waals surface area (Å²) in [7, 11) is 0. The van der Waals surface area contributed by atoms with E-state index < -0.39 is 0 Å². The van der Waals surface area contributed by atoms with Gasteiger partial charge in [-0.2, -0.15) is 9.78 Å². The lowest BCUT2D eigenvalue weighted by molar-refractivity contribution is 0.374. The number of aromatic nitrogens is 3.